The van der Waals surface area contributed by atoms with Crippen molar-refractivity contribution in [1.29, 1.82) is 0 Å². The van der Waals surface area contributed by atoms with Crippen LogP contribution < -0.4 is 0 Å². The fourth-order valence-electron chi connectivity index (χ4n) is 3.31. The molecule has 6 heteroatoms. The third-order valence-corrected chi connectivity index (χ3v) is 7.49. The minimum absolute atomic E-state index is 0.114. The third-order valence-electron chi connectivity index (χ3n) is 4.74. The molecule has 142 valence electrons. The predicted molar refractivity (Wildman–Crippen MR) is 111 cm³/mol. The molecule has 2 aromatic carbocycles. The second-order valence-electron chi connectivity index (χ2n) is 6.72. The summed E-state index contributed by atoms with van der Waals surface area (Å²) in [6.07, 6.45) is 2.02. The van der Waals surface area contributed by atoms with E-state index in [1.807, 2.05) is 60.8 Å². The van der Waals surface area contributed by atoms with Gasteiger partial charge in [-0.25, -0.2) is 12.7 Å². The number of carbonyl (C=O) groups is 1. The SMILES string of the molecule is Cc1ccc(S(=O)(=O)N2C(=O)C[C@H](c3cccs3)C=C2c2ccccc2)cc1. The molecule has 4 rings (SSSR count). The molecule has 0 saturated heterocycles. The molecule has 1 aromatic heterocycles. The van der Waals surface area contributed by atoms with Crippen molar-refractivity contribution in [2.45, 2.75) is 24.2 Å². The highest BCUT2D eigenvalue weighted by molar-refractivity contribution is 7.90. The Bertz CT molecular complexity index is 1120. The number of rotatable bonds is 4. The minimum Gasteiger partial charge on any atom is -0.273 e. The first kappa shape index (κ1) is 18.7. The lowest BCUT2D eigenvalue weighted by molar-refractivity contribution is -0.124. The van der Waals surface area contributed by atoms with Gasteiger partial charge in [-0.1, -0.05) is 60.2 Å². The van der Waals surface area contributed by atoms with Gasteiger partial charge >= 0.3 is 0 Å². The summed E-state index contributed by atoms with van der Waals surface area (Å²) in [5.74, 6) is -0.549. The van der Waals surface area contributed by atoms with Crippen molar-refractivity contribution >= 4 is 33.0 Å². The van der Waals surface area contributed by atoms with Gasteiger partial charge in [-0.3, -0.25) is 4.79 Å². The van der Waals surface area contributed by atoms with Crippen molar-refractivity contribution in [3.63, 3.8) is 0 Å². The smallest absolute Gasteiger partial charge is 0.270 e. The summed E-state index contributed by atoms with van der Waals surface area (Å²) >= 11 is 1.57. The average molecular weight is 410 g/mol. The number of carbonyl (C=O) groups excluding carboxylic acids is 1. The number of nitrogens with zero attached hydrogens (tertiary/aromatic N) is 1. The molecule has 0 saturated carbocycles. The van der Waals surface area contributed by atoms with Crippen LogP contribution in [0.2, 0.25) is 0 Å². The van der Waals surface area contributed by atoms with E-state index in [0.29, 0.717) is 11.3 Å². The molecule has 0 aliphatic carbocycles. The first-order chi connectivity index (χ1) is 13.5. The molecule has 0 spiro atoms. The molecule has 4 nitrogen and oxygen atoms in total. The highest BCUT2D eigenvalue weighted by Gasteiger charge is 2.38. The molecule has 0 bridgehead atoms. The number of allylic oxidation sites excluding steroid dienone is 1. The average Bonchev–Trinajstić information content (AvgIpc) is 3.23. The molecule has 0 radical (unpaired) electrons. The Morgan fingerprint density at radius 3 is 2.32 bits per heavy atom. The van der Waals surface area contributed by atoms with E-state index in [2.05, 4.69) is 0 Å². The molecule has 0 unspecified atom stereocenters. The summed E-state index contributed by atoms with van der Waals surface area (Å²) in [5, 5.41) is 1.96. The van der Waals surface area contributed by atoms with E-state index in [1.54, 1.807) is 35.6 Å². The summed E-state index contributed by atoms with van der Waals surface area (Å²) in [7, 11) is -4.00. The molecular weight excluding hydrogens is 390 g/mol. The molecule has 3 aromatic rings. The van der Waals surface area contributed by atoms with Crippen LogP contribution in [0.25, 0.3) is 5.70 Å². The van der Waals surface area contributed by atoms with Gasteiger partial charge in [0, 0.05) is 17.2 Å². The van der Waals surface area contributed by atoms with Crippen LogP contribution in [0.4, 0.5) is 0 Å². The third kappa shape index (κ3) is 3.41. The van der Waals surface area contributed by atoms with E-state index in [9.17, 15) is 13.2 Å². The van der Waals surface area contributed by atoms with Crippen molar-refractivity contribution in [3.05, 3.63) is 94.2 Å². The van der Waals surface area contributed by atoms with Crippen LogP contribution in [0.1, 0.15) is 28.3 Å². The lowest BCUT2D eigenvalue weighted by Gasteiger charge is -2.31. The topological polar surface area (TPSA) is 54.5 Å². The number of hydrogen-bond donors (Lipinski definition) is 0. The lowest BCUT2D eigenvalue weighted by Crippen LogP contribution is -2.38. The summed E-state index contributed by atoms with van der Waals surface area (Å²) in [5.41, 5.74) is 2.07. The summed E-state index contributed by atoms with van der Waals surface area (Å²) in [4.78, 5) is 14.2. The van der Waals surface area contributed by atoms with Crippen molar-refractivity contribution in [2.24, 2.45) is 0 Å². The zero-order valence-corrected chi connectivity index (χ0v) is 16.9. The maximum atomic E-state index is 13.4. The van der Waals surface area contributed by atoms with Crippen molar-refractivity contribution in [2.75, 3.05) is 0 Å². The van der Waals surface area contributed by atoms with Crippen LogP contribution in [-0.2, 0) is 14.8 Å². The number of hydrogen-bond acceptors (Lipinski definition) is 4. The second kappa shape index (κ2) is 7.37. The largest absolute Gasteiger partial charge is 0.273 e. The Morgan fingerprint density at radius 2 is 1.68 bits per heavy atom. The number of benzene rings is 2. The van der Waals surface area contributed by atoms with Gasteiger partial charge in [-0.2, -0.15) is 0 Å². The molecule has 0 N–H and O–H groups in total. The van der Waals surface area contributed by atoms with E-state index in [4.69, 9.17) is 0 Å². The first-order valence-electron chi connectivity index (χ1n) is 8.92. The van der Waals surface area contributed by atoms with E-state index in [0.717, 1.165) is 14.7 Å². The highest BCUT2D eigenvalue weighted by Crippen LogP contribution is 2.38. The minimum atomic E-state index is -4.00. The Morgan fingerprint density at radius 1 is 0.964 bits per heavy atom. The van der Waals surface area contributed by atoms with Crippen LogP contribution in [-0.4, -0.2) is 18.6 Å². The van der Waals surface area contributed by atoms with Gasteiger partial charge in [-0.05, 0) is 36.1 Å². The Labute approximate surface area is 168 Å². The first-order valence-corrected chi connectivity index (χ1v) is 11.2. The van der Waals surface area contributed by atoms with Gasteiger partial charge in [0.1, 0.15) is 0 Å². The molecule has 0 fully saturated rings. The van der Waals surface area contributed by atoms with Gasteiger partial charge in [0.25, 0.3) is 10.0 Å². The van der Waals surface area contributed by atoms with Gasteiger partial charge in [0.15, 0.2) is 0 Å². The van der Waals surface area contributed by atoms with Gasteiger partial charge < -0.3 is 0 Å². The van der Waals surface area contributed by atoms with Crippen molar-refractivity contribution in [3.8, 4) is 0 Å². The summed E-state index contributed by atoms with van der Waals surface area (Å²) < 4.78 is 27.7. The van der Waals surface area contributed by atoms with E-state index in [1.165, 1.54) is 0 Å². The van der Waals surface area contributed by atoms with Crippen LogP contribution >= 0.6 is 11.3 Å². The number of amides is 1. The van der Waals surface area contributed by atoms with E-state index < -0.39 is 15.9 Å². The fourth-order valence-corrected chi connectivity index (χ4v) is 5.57. The number of sulfonamides is 1. The Hall–Kier alpha value is -2.70. The molecule has 1 atom stereocenters. The summed E-state index contributed by atoms with van der Waals surface area (Å²) in [6, 6.07) is 19.7. The highest BCUT2D eigenvalue weighted by atomic mass is 32.2. The van der Waals surface area contributed by atoms with Gasteiger partial charge in [-0.15, -0.1) is 11.3 Å². The molecule has 28 heavy (non-hydrogen) atoms. The molecule has 1 amide bonds. The second-order valence-corrected chi connectivity index (χ2v) is 9.49. The van der Waals surface area contributed by atoms with Crippen LogP contribution in [0, 0.1) is 6.92 Å². The van der Waals surface area contributed by atoms with E-state index >= 15 is 0 Å². The fraction of sp³-hybridized carbons (Fsp3) is 0.136. The zero-order chi connectivity index (χ0) is 19.7. The molecular formula is C22H19NO3S2. The Balaban J connectivity index is 1.86. The molecule has 2 heterocycles. The van der Waals surface area contributed by atoms with Crippen LogP contribution in [0.5, 0.6) is 0 Å². The molecule has 1 aliphatic heterocycles. The van der Waals surface area contributed by atoms with Crippen molar-refractivity contribution in [1.82, 2.24) is 4.31 Å². The zero-order valence-electron chi connectivity index (χ0n) is 15.3. The Kier molecular flexibility index (Phi) is 4.91. The van der Waals surface area contributed by atoms with E-state index in [-0.39, 0.29) is 17.2 Å². The van der Waals surface area contributed by atoms with Crippen LogP contribution in [0.3, 0.4) is 0 Å². The number of thiophene rings is 1. The lowest BCUT2D eigenvalue weighted by atomic mass is 9.96. The molecule has 1 aliphatic rings. The van der Waals surface area contributed by atoms with Crippen LogP contribution in [0.15, 0.2) is 83.1 Å². The monoisotopic (exact) mass is 409 g/mol. The normalized spacial score (nSPS) is 17.5. The van der Waals surface area contributed by atoms with Crippen molar-refractivity contribution < 1.29 is 13.2 Å². The number of aryl methyl sites for hydroxylation is 1. The predicted octanol–water partition coefficient (Wildman–Crippen LogP) is 4.80. The van der Waals surface area contributed by atoms with Gasteiger partial charge in [0.2, 0.25) is 5.91 Å². The quantitative estimate of drug-likeness (QED) is 0.622. The van der Waals surface area contributed by atoms with Gasteiger partial charge in [0.05, 0.1) is 10.6 Å². The standard InChI is InChI=1S/C22H19NO3S2/c1-16-9-11-19(12-10-16)28(25,26)23-20(17-6-3-2-4-7-17)14-18(15-22(23)24)21-8-5-13-27-21/h2-14,18H,15H2,1H3/t18-/m1/s1. The maximum Gasteiger partial charge on any atom is 0.270 e. The maximum absolute atomic E-state index is 13.4. The summed E-state index contributed by atoms with van der Waals surface area (Å²) in [6.45, 7) is 1.89.